The number of hydrogen-bond donors (Lipinski definition) is 1. The van der Waals surface area contributed by atoms with Crippen molar-refractivity contribution in [2.75, 3.05) is 0 Å². The van der Waals surface area contributed by atoms with Gasteiger partial charge in [0.05, 0.1) is 5.56 Å². The van der Waals surface area contributed by atoms with Gasteiger partial charge < -0.3 is 4.52 Å². The summed E-state index contributed by atoms with van der Waals surface area (Å²) in [4.78, 5) is 2.97. The largest absolute Gasteiger partial charge is 0.357 e. The SMILES string of the molecule is Cc1cncc(-c2noc(CF)c2-c2cc(F)c(S(N)(=O)=O)cc2F)c1. The maximum Gasteiger partial charge on any atom is 0.241 e. The quantitative estimate of drug-likeness (QED) is 0.746. The summed E-state index contributed by atoms with van der Waals surface area (Å²) < 4.78 is 69.5. The Kier molecular flexibility index (Phi) is 4.55. The van der Waals surface area contributed by atoms with E-state index in [2.05, 4.69) is 10.1 Å². The molecular weight excluding hydrogens is 371 g/mol. The first-order chi connectivity index (χ1) is 12.2. The Labute approximate surface area is 146 Å². The second kappa shape index (κ2) is 6.54. The molecule has 0 unspecified atom stereocenters. The van der Waals surface area contributed by atoms with Crippen molar-refractivity contribution in [2.45, 2.75) is 18.5 Å². The van der Waals surface area contributed by atoms with Crippen molar-refractivity contribution in [1.29, 1.82) is 0 Å². The van der Waals surface area contributed by atoms with E-state index in [1.807, 2.05) is 0 Å². The highest BCUT2D eigenvalue weighted by Gasteiger charge is 2.26. The fourth-order valence-electron chi connectivity index (χ4n) is 2.51. The zero-order valence-electron chi connectivity index (χ0n) is 13.3. The molecule has 0 aliphatic carbocycles. The van der Waals surface area contributed by atoms with E-state index in [1.165, 1.54) is 6.20 Å². The zero-order chi connectivity index (χ0) is 19.1. The fourth-order valence-corrected chi connectivity index (χ4v) is 3.11. The molecule has 3 rings (SSSR count). The number of benzene rings is 1. The average molecular weight is 383 g/mol. The van der Waals surface area contributed by atoms with Gasteiger partial charge in [-0.05, 0) is 30.7 Å². The number of nitrogens with zero attached hydrogens (tertiary/aromatic N) is 2. The number of pyridine rings is 1. The van der Waals surface area contributed by atoms with Crippen LogP contribution in [-0.2, 0) is 16.7 Å². The first-order valence-electron chi connectivity index (χ1n) is 7.21. The van der Waals surface area contributed by atoms with Gasteiger partial charge in [0.15, 0.2) is 12.4 Å². The van der Waals surface area contributed by atoms with Crippen LogP contribution >= 0.6 is 0 Å². The second-order valence-electron chi connectivity index (χ2n) is 5.52. The van der Waals surface area contributed by atoms with Crippen LogP contribution in [0.3, 0.4) is 0 Å². The molecule has 6 nitrogen and oxygen atoms in total. The highest BCUT2D eigenvalue weighted by Crippen LogP contribution is 2.37. The van der Waals surface area contributed by atoms with Crippen LogP contribution < -0.4 is 5.14 Å². The summed E-state index contributed by atoms with van der Waals surface area (Å²) >= 11 is 0. The molecule has 1 aromatic carbocycles. The maximum absolute atomic E-state index is 14.5. The molecule has 26 heavy (non-hydrogen) atoms. The topological polar surface area (TPSA) is 99.1 Å². The van der Waals surface area contributed by atoms with E-state index in [1.54, 1.807) is 19.2 Å². The van der Waals surface area contributed by atoms with Crippen molar-refractivity contribution in [3.8, 4) is 22.4 Å². The lowest BCUT2D eigenvalue weighted by molar-refractivity contribution is 0.332. The molecule has 3 aromatic rings. The third-order valence-electron chi connectivity index (χ3n) is 3.63. The van der Waals surface area contributed by atoms with Gasteiger partial charge in [0.2, 0.25) is 10.0 Å². The van der Waals surface area contributed by atoms with Gasteiger partial charge >= 0.3 is 0 Å². The summed E-state index contributed by atoms with van der Waals surface area (Å²) in [7, 11) is -4.46. The number of rotatable bonds is 4. The van der Waals surface area contributed by atoms with Gasteiger partial charge in [-0.25, -0.2) is 26.7 Å². The van der Waals surface area contributed by atoms with Crippen molar-refractivity contribution >= 4 is 10.0 Å². The Hall–Kier alpha value is -2.72. The van der Waals surface area contributed by atoms with E-state index in [9.17, 15) is 21.6 Å². The fraction of sp³-hybridized carbons (Fsp3) is 0.125. The Balaban J connectivity index is 2.28. The van der Waals surface area contributed by atoms with Gasteiger partial charge in [-0.1, -0.05) is 5.16 Å². The molecule has 2 N–H and O–H groups in total. The van der Waals surface area contributed by atoms with Crippen molar-refractivity contribution < 1.29 is 26.1 Å². The second-order valence-corrected chi connectivity index (χ2v) is 7.05. The molecule has 0 bridgehead atoms. The molecule has 0 saturated heterocycles. The van der Waals surface area contributed by atoms with Crippen LogP contribution in [0.25, 0.3) is 22.4 Å². The number of alkyl halides is 1. The molecule has 10 heteroatoms. The monoisotopic (exact) mass is 383 g/mol. The lowest BCUT2D eigenvalue weighted by atomic mass is 9.99. The molecule has 0 amide bonds. The lowest BCUT2D eigenvalue weighted by Crippen LogP contribution is -2.14. The summed E-state index contributed by atoms with van der Waals surface area (Å²) in [5.41, 5.74) is 0.682. The number of aromatic nitrogens is 2. The zero-order valence-corrected chi connectivity index (χ0v) is 14.1. The van der Waals surface area contributed by atoms with Crippen molar-refractivity contribution in [3.63, 3.8) is 0 Å². The summed E-state index contributed by atoms with van der Waals surface area (Å²) in [6.07, 6.45) is 2.98. The molecule has 0 atom stereocenters. The summed E-state index contributed by atoms with van der Waals surface area (Å²) in [6.45, 7) is 0.632. The number of primary sulfonamides is 1. The summed E-state index contributed by atoms with van der Waals surface area (Å²) in [5.74, 6) is -2.72. The lowest BCUT2D eigenvalue weighted by Gasteiger charge is -2.08. The van der Waals surface area contributed by atoms with Crippen molar-refractivity contribution in [3.05, 3.63) is 53.6 Å². The van der Waals surface area contributed by atoms with Gasteiger partial charge in [0.25, 0.3) is 0 Å². The molecule has 2 heterocycles. The third kappa shape index (κ3) is 3.20. The number of hydrogen-bond acceptors (Lipinski definition) is 5. The van der Waals surface area contributed by atoms with Crippen LogP contribution in [0.15, 0.2) is 40.0 Å². The molecular formula is C16H12F3N3O3S. The van der Waals surface area contributed by atoms with E-state index >= 15 is 0 Å². The predicted octanol–water partition coefficient (Wildman–Crippen LogP) is 3.11. The minimum absolute atomic E-state index is 0.0514. The summed E-state index contributed by atoms with van der Waals surface area (Å²) in [6, 6.07) is 2.71. The van der Waals surface area contributed by atoms with Crippen LogP contribution in [0.1, 0.15) is 11.3 Å². The Bertz CT molecular complexity index is 1100. The molecule has 0 spiro atoms. The predicted molar refractivity (Wildman–Crippen MR) is 86.0 cm³/mol. The molecule has 0 aliphatic rings. The van der Waals surface area contributed by atoms with E-state index in [-0.39, 0.29) is 17.0 Å². The van der Waals surface area contributed by atoms with E-state index < -0.39 is 38.8 Å². The number of sulfonamides is 1. The van der Waals surface area contributed by atoms with Crippen molar-refractivity contribution in [2.24, 2.45) is 5.14 Å². The van der Waals surface area contributed by atoms with Crippen LogP contribution in [-0.4, -0.2) is 18.6 Å². The van der Waals surface area contributed by atoms with Gasteiger partial charge in [0.1, 0.15) is 22.2 Å². The van der Waals surface area contributed by atoms with E-state index in [0.717, 1.165) is 5.56 Å². The molecule has 0 saturated carbocycles. The Morgan fingerprint density at radius 2 is 1.88 bits per heavy atom. The maximum atomic E-state index is 14.5. The van der Waals surface area contributed by atoms with Crippen LogP contribution in [0.4, 0.5) is 13.2 Å². The third-order valence-corrected chi connectivity index (χ3v) is 4.56. The Morgan fingerprint density at radius 1 is 1.15 bits per heavy atom. The van der Waals surface area contributed by atoms with Gasteiger partial charge in [-0.15, -0.1) is 0 Å². The highest BCUT2D eigenvalue weighted by atomic mass is 32.2. The molecule has 2 aromatic heterocycles. The minimum atomic E-state index is -4.46. The number of halogens is 3. The smallest absolute Gasteiger partial charge is 0.241 e. The van der Waals surface area contributed by atoms with E-state index in [4.69, 9.17) is 9.66 Å². The van der Waals surface area contributed by atoms with Crippen LogP contribution in [0.5, 0.6) is 0 Å². The Morgan fingerprint density at radius 3 is 2.50 bits per heavy atom. The minimum Gasteiger partial charge on any atom is -0.357 e. The first kappa shape index (κ1) is 18.1. The van der Waals surface area contributed by atoms with Crippen LogP contribution in [0.2, 0.25) is 0 Å². The van der Waals surface area contributed by atoms with Crippen LogP contribution in [0, 0.1) is 18.6 Å². The van der Waals surface area contributed by atoms with Gasteiger partial charge in [-0.2, -0.15) is 0 Å². The van der Waals surface area contributed by atoms with Crippen molar-refractivity contribution in [1.82, 2.24) is 10.1 Å². The normalized spacial score (nSPS) is 11.7. The van der Waals surface area contributed by atoms with E-state index in [0.29, 0.717) is 17.7 Å². The number of nitrogens with two attached hydrogens (primary N) is 1. The standard InChI is InChI=1S/C16H12F3N3O3S/c1-8-2-9(7-21-6-8)16-15(13(5-17)25-22-16)10-3-12(19)14(4-11(10)18)26(20,23)24/h2-4,6-7H,5H2,1H3,(H2,20,23,24). The summed E-state index contributed by atoms with van der Waals surface area (Å²) in [5, 5.41) is 8.58. The first-order valence-corrected chi connectivity index (χ1v) is 8.75. The highest BCUT2D eigenvalue weighted by molar-refractivity contribution is 7.89. The average Bonchev–Trinajstić information content (AvgIpc) is 2.99. The van der Waals surface area contributed by atoms with Gasteiger partial charge in [-0.3, -0.25) is 4.98 Å². The molecule has 136 valence electrons. The molecule has 0 fully saturated rings. The molecule has 0 radical (unpaired) electrons. The molecule has 0 aliphatic heterocycles. The van der Waals surface area contributed by atoms with Gasteiger partial charge in [0, 0.05) is 23.5 Å². The number of aryl methyl sites for hydroxylation is 1.